The Hall–Kier alpha value is -1.05. The van der Waals surface area contributed by atoms with Gasteiger partial charge in [0.1, 0.15) is 0 Å². The van der Waals surface area contributed by atoms with Gasteiger partial charge in [0.15, 0.2) is 0 Å². The Morgan fingerprint density at radius 2 is 1.87 bits per heavy atom. The van der Waals surface area contributed by atoms with Crippen molar-refractivity contribution in [3.8, 4) is 0 Å². The summed E-state index contributed by atoms with van der Waals surface area (Å²) in [6.45, 7) is 4.68. The number of nitrogens with two attached hydrogens (primary N) is 1. The molecule has 0 saturated heterocycles. The molecule has 1 aromatic rings. The van der Waals surface area contributed by atoms with E-state index in [1.807, 2.05) is 12.3 Å². The lowest BCUT2D eigenvalue weighted by Gasteiger charge is -2.32. The van der Waals surface area contributed by atoms with Crippen LogP contribution in [0.3, 0.4) is 0 Å². The molecule has 0 spiro atoms. The molecule has 0 aromatic carbocycles. The van der Waals surface area contributed by atoms with Crippen LogP contribution in [0.25, 0.3) is 0 Å². The van der Waals surface area contributed by atoms with Crippen molar-refractivity contribution < 1.29 is 0 Å². The lowest BCUT2D eigenvalue weighted by atomic mass is 9.74. The number of rotatable bonds is 1. The predicted octanol–water partition coefficient (Wildman–Crippen LogP) is 3.20. The molecule has 1 heterocycles. The fourth-order valence-corrected chi connectivity index (χ4v) is 2.96. The Morgan fingerprint density at radius 3 is 2.47 bits per heavy atom. The van der Waals surface area contributed by atoms with Crippen LogP contribution in [0.1, 0.15) is 44.6 Å². The van der Waals surface area contributed by atoms with Crippen LogP contribution in [-0.2, 0) is 0 Å². The molecule has 1 fully saturated rings. The largest absolute Gasteiger partial charge is 0.398 e. The van der Waals surface area contributed by atoms with E-state index in [4.69, 9.17) is 5.73 Å². The van der Waals surface area contributed by atoms with Crippen molar-refractivity contribution in [1.82, 2.24) is 4.98 Å². The second-order valence-electron chi connectivity index (χ2n) is 5.12. The van der Waals surface area contributed by atoms with Gasteiger partial charge in [-0.15, -0.1) is 0 Å². The molecule has 1 saturated carbocycles. The minimum Gasteiger partial charge on any atom is -0.398 e. The number of hydrogen-bond acceptors (Lipinski definition) is 2. The van der Waals surface area contributed by atoms with Crippen molar-refractivity contribution in [2.45, 2.75) is 39.0 Å². The first-order chi connectivity index (χ1) is 7.16. The zero-order valence-electron chi connectivity index (χ0n) is 9.61. The van der Waals surface area contributed by atoms with Gasteiger partial charge in [0, 0.05) is 18.1 Å². The summed E-state index contributed by atoms with van der Waals surface area (Å²) >= 11 is 0. The molecule has 2 rings (SSSR count). The third kappa shape index (κ3) is 2.31. The summed E-state index contributed by atoms with van der Waals surface area (Å²) in [6.07, 6.45) is 7.61. The quantitative estimate of drug-likeness (QED) is 0.763. The molecule has 0 radical (unpaired) electrons. The number of pyridine rings is 1. The van der Waals surface area contributed by atoms with E-state index in [2.05, 4.69) is 18.8 Å². The topological polar surface area (TPSA) is 38.9 Å². The van der Waals surface area contributed by atoms with Gasteiger partial charge in [-0.1, -0.05) is 13.8 Å². The van der Waals surface area contributed by atoms with Gasteiger partial charge in [-0.05, 0) is 48.6 Å². The standard InChI is InChI=1S/C13H20N2/c1-9-5-10(2)7-11(6-9)12-8-15-4-3-13(12)14/h3-4,8-11H,5-7H2,1-2H3,(H2,14,15). The Balaban J connectivity index is 2.20. The summed E-state index contributed by atoms with van der Waals surface area (Å²) in [5, 5.41) is 0. The van der Waals surface area contributed by atoms with Crippen LogP contribution in [0, 0.1) is 11.8 Å². The lowest BCUT2D eigenvalue weighted by molar-refractivity contribution is 0.268. The van der Waals surface area contributed by atoms with Gasteiger partial charge in [0.2, 0.25) is 0 Å². The van der Waals surface area contributed by atoms with Crippen molar-refractivity contribution in [3.05, 3.63) is 24.0 Å². The van der Waals surface area contributed by atoms with Crippen LogP contribution in [0.4, 0.5) is 5.69 Å². The monoisotopic (exact) mass is 204 g/mol. The molecule has 0 bridgehead atoms. The summed E-state index contributed by atoms with van der Waals surface area (Å²) in [5.41, 5.74) is 8.18. The zero-order chi connectivity index (χ0) is 10.8. The van der Waals surface area contributed by atoms with E-state index in [1.165, 1.54) is 24.8 Å². The summed E-state index contributed by atoms with van der Waals surface area (Å²) in [5.74, 6) is 2.26. The van der Waals surface area contributed by atoms with E-state index in [0.29, 0.717) is 5.92 Å². The highest BCUT2D eigenvalue weighted by atomic mass is 14.7. The second kappa shape index (κ2) is 4.21. The predicted molar refractivity (Wildman–Crippen MR) is 63.6 cm³/mol. The van der Waals surface area contributed by atoms with Crippen LogP contribution in [0.2, 0.25) is 0 Å². The maximum Gasteiger partial charge on any atom is 0.0380 e. The highest BCUT2D eigenvalue weighted by Crippen LogP contribution is 2.40. The van der Waals surface area contributed by atoms with Crippen LogP contribution in [0.15, 0.2) is 18.5 Å². The Kier molecular flexibility index (Phi) is 2.94. The van der Waals surface area contributed by atoms with E-state index in [1.54, 1.807) is 6.20 Å². The molecule has 1 aromatic heterocycles. The average molecular weight is 204 g/mol. The summed E-state index contributed by atoms with van der Waals surface area (Å²) in [4.78, 5) is 4.19. The van der Waals surface area contributed by atoms with Crippen molar-refractivity contribution in [3.63, 3.8) is 0 Å². The summed E-state index contributed by atoms with van der Waals surface area (Å²) in [7, 11) is 0. The van der Waals surface area contributed by atoms with Gasteiger partial charge in [-0.25, -0.2) is 0 Å². The van der Waals surface area contributed by atoms with Crippen molar-refractivity contribution in [2.75, 3.05) is 5.73 Å². The molecule has 2 heteroatoms. The minimum atomic E-state index is 0.623. The van der Waals surface area contributed by atoms with Gasteiger partial charge >= 0.3 is 0 Å². The molecule has 15 heavy (non-hydrogen) atoms. The van der Waals surface area contributed by atoms with Crippen molar-refractivity contribution in [2.24, 2.45) is 11.8 Å². The van der Waals surface area contributed by atoms with Gasteiger partial charge in [0.25, 0.3) is 0 Å². The Labute approximate surface area is 91.9 Å². The van der Waals surface area contributed by atoms with Gasteiger partial charge in [-0.3, -0.25) is 4.98 Å². The normalized spacial score (nSPS) is 31.5. The molecular formula is C13H20N2. The Morgan fingerprint density at radius 1 is 1.20 bits per heavy atom. The molecule has 2 N–H and O–H groups in total. The van der Waals surface area contributed by atoms with Crippen LogP contribution >= 0.6 is 0 Å². The molecule has 2 nitrogen and oxygen atoms in total. The smallest absolute Gasteiger partial charge is 0.0380 e. The third-order valence-corrected chi connectivity index (χ3v) is 3.51. The lowest BCUT2D eigenvalue weighted by Crippen LogP contribution is -2.19. The van der Waals surface area contributed by atoms with Crippen LogP contribution in [0.5, 0.6) is 0 Å². The summed E-state index contributed by atoms with van der Waals surface area (Å²) in [6, 6.07) is 1.92. The van der Waals surface area contributed by atoms with Crippen LogP contribution in [-0.4, -0.2) is 4.98 Å². The first-order valence-electron chi connectivity index (χ1n) is 5.86. The Bertz CT molecular complexity index is 325. The molecule has 2 atom stereocenters. The van der Waals surface area contributed by atoms with Crippen LogP contribution < -0.4 is 5.73 Å². The number of anilines is 1. The highest BCUT2D eigenvalue weighted by molar-refractivity contribution is 5.46. The zero-order valence-corrected chi connectivity index (χ0v) is 9.61. The number of nitrogens with zero attached hydrogens (tertiary/aromatic N) is 1. The molecule has 1 aliphatic rings. The number of nitrogen functional groups attached to an aromatic ring is 1. The molecule has 0 aliphatic heterocycles. The molecule has 0 amide bonds. The third-order valence-electron chi connectivity index (χ3n) is 3.51. The minimum absolute atomic E-state index is 0.623. The van der Waals surface area contributed by atoms with Crippen molar-refractivity contribution in [1.29, 1.82) is 0 Å². The molecule has 1 aliphatic carbocycles. The van der Waals surface area contributed by atoms with E-state index >= 15 is 0 Å². The fraction of sp³-hybridized carbons (Fsp3) is 0.615. The maximum atomic E-state index is 6.00. The average Bonchev–Trinajstić information content (AvgIpc) is 2.16. The van der Waals surface area contributed by atoms with Gasteiger partial charge in [0.05, 0.1) is 0 Å². The van der Waals surface area contributed by atoms with Gasteiger partial charge in [-0.2, -0.15) is 0 Å². The van der Waals surface area contributed by atoms with Gasteiger partial charge < -0.3 is 5.73 Å². The first-order valence-corrected chi connectivity index (χ1v) is 5.86. The van der Waals surface area contributed by atoms with E-state index in [9.17, 15) is 0 Å². The first kappa shape index (κ1) is 10.5. The molecule has 82 valence electrons. The van der Waals surface area contributed by atoms with E-state index in [0.717, 1.165) is 17.5 Å². The molecular weight excluding hydrogens is 184 g/mol. The highest BCUT2D eigenvalue weighted by Gasteiger charge is 2.26. The number of aromatic nitrogens is 1. The van der Waals surface area contributed by atoms with E-state index < -0.39 is 0 Å². The summed E-state index contributed by atoms with van der Waals surface area (Å²) < 4.78 is 0. The maximum absolute atomic E-state index is 6.00. The SMILES string of the molecule is CC1CC(C)CC(c2cnccc2N)C1. The van der Waals surface area contributed by atoms with E-state index in [-0.39, 0.29) is 0 Å². The van der Waals surface area contributed by atoms with Crippen molar-refractivity contribution >= 4 is 5.69 Å². The molecule has 2 unspecified atom stereocenters. The second-order valence-corrected chi connectivity index (χ2v) is 5.12. The number of hydrogen-bond donors (Lipinski definition) is 1. The fourth-order valence-electron chi connectivity index (χ4n) is 2.96.